The number of aliphatic hydroxyl groups is 2. The van der Waals surface area contributed by atoms with E-state index in [0.717, 1.165) is 0 Å². The van der Waals surface area contributed by atoms with Crippen LogP contribution >= 0.6 is 0 Å². The Morgan fingerprint density at radius 2 is 2.14 bits per heavy atom. The number of nitrogens with zero attached hydrogens (tertiary/aromatic N) is 2. The summed E-state index contributed by atoms with van der Waals surface area (Å²) in [6.45, 7) is -0.234. The molecule has 0 saturated carbocycles. The summed E-state index contributed by atoms with van der Waals surface area (Å²) >= 11 is 0. The summed E-state index contributed by atoms with van der Waals surface area (Å²) in [5, 5.41) is 25.6. The lowest BCUT2D eigenvalue weighted by molar-refractivity contribution is -0.0805. The number of aliphatic hydroxyl groups excluding tert-OH is 2. The standard InChI is InChI=1S/C8H12N2O4/c1-13-7-5(4-11)3-6(9-10-7)8(12)14-2/h3,8,11-12H,4H2,1-2H3. The van der Waals surface area contributed by atoms with E-state index in [9.17, 15) is 5.11 Å². The van der Waals surface area contributed by atoms with Gasteiger partial charge in [-0.2, -0.15) is 0 Å². The third-order valence-corrected chi connectivity index (χ3v) is 1.69. The molecule has 1 aromatic heterocycles. The SMILES string of the molecule is COc1nnc(C(O)OC)cc1CO. The zero-order valence-corrected chi connectivity index (χ0v) is 7.97. The normalized spacial score (nSPS) is 12.6. The van der Waals surface area contributed by atoms with Crippen LogP contribution in [0.25, 0.3) is 0 Å². The minimum absolute atomic E-state index is 0.234. The first-order valence-electron chi connectivity index (χ1n) is 3.95. The molecule has 0 radical (unpaired) electrons. The Morgan fingerprint density at radius 3 is 2.64 bits per heavy atom. The van der Waals surface area contributed by atoms with Gasteiger partial charge in [-0.1, -0.05) is 0 Å². The smallest absolute Gasteiger partial charge is 0.238 e. The molecule has 6 nitrogen and oxygen atoms in total. The molecule has 2 N–H and O–H groups in total. The third kappa shape index (κ3) is 2.16. The van der Waals surface area contributed by atoms with Gasteiger partial charge in [0.2, 0.25) is 5.88 Å². The second kappa shape index (κ2) is 4.85. The van der Waals surface area contributed by atoms with Crippen LogP contribution < -0.4 is 4.74 Å². The quantitative estimate of drug-likeness (QED) is 0.644. The summed E-state index contributed by atoms with van der Waals surface area (Å²) < 4.78 is 9.49. The highest BCUT2D eigenvalue weighted by Crippen LogP contribution is 2.18. The fourth-order valence-corrected chi connectivity index (χ4v) is 0.963. The summed E-state index contributed by atoms with van der Waals surface area (Å²) in [5.41, 5.74) is 0.686. The Bertz CT molecular complexity index is 305. The molecule has 0 amide bonds. The molecule has 0 aliphatic carbocycles. The first kappa shape index (κ1) is 10.8. The van der Waals surface area contributed by atoms with Crippen LogP contribution in [-0.2, 0) is 11.3 Å². The topological polar surface area (TPSA) is 84.7 Å². The van der Waals surface area contributed by atoms with Gasteiger partial charge in [0.15, 0.2) is 6.29 Å². The summed E-state index contributed by atoms with van der Waals surface area (Å²) in [4.78, 5) is 0. The molecule has 1 unspecified atom stereocenters. The van der Waals surface area contributed by atoms with E-state index in [4.69, 9.17) is 9.84 Å². The molecular weight excluding hydrogens is 188 g/mol. The second-order valence-corrected chi connectivity index (χ2v) is 2.55. The number of ether oxygens (including phenoxy) is 2. The van der Waals surface area contributed by atoms with Gasteiger partial charge in [0, 0.05) is 12.7 Å². The highest BCUT2D eigenvalue weighted by Gasteiger charge is 2.12. The maximum atomic E-state index is 9.27. The lowest BCUT2D eigenvalue weighted by Gasteiger charge is -2.09. The number of methoxy groups -OCH3 is 2. The summed E-state index contributed by atoms with van der Waals surface area (Å²) in [6.07, 6.45) is -1.14. The Balaban J connectivity index is 3.01. The van der Waals surface area contributed by atoms with Gasteiger partial charge >= 0.3 is 0 Å². The van der Waals surface area contributed by atoms with E-state index >= 15 is 0 Å². The van der Waals surface area contributed by atoms with Crippen molar-refractivity contribution in [1.82, 2.24) is 10.2 Å². The van der Waals surface area contributed by atoms with Crippen LogP contribution in [0, 0.1) is 0 Å². The number of aromatic nitrogens is 2. The monoisotopic (exact) mass is 200 g/mol. The largest absolute Gasteiger partial charge is 0.480 e. The zero-order chi connectivity index (χ0) is 10.6. The van der Waals surface area contributed by atoms with Gasteiger partial charge in [-0.25, -0.2) is 0 Å². The molecule has 14 heavy (non-hydrogen) atoms. The average Bonchev–Trinajstić information content (AvgIpc) is 2.26. The molecule has 6 heteroatoms. The predicted octanol–water partition coefficient (Wildman–Crippen LogP) is -0.385. The van der Waals surface area contributed by atoms with E-state index in [1.165, 1.54) is 20.3 Å². The van der Waals surface area contributed by atoms with Gasteiger partial charge in [0.25, 0.3) is 0 Å². The van der Waals surface area contributed by atoms with Crippen LogP contribution in [0.5, 0.6) is 5.88 Å². The molecule has 1 atom stereocenters. The molecule has 0 aliphatic heterocycles. The predicted molar refractivity (Wildman–Crippen MR) is 46.5 cm³/mol. The lowest BCUT2D eigenvalue weighted by atomic mass is 10.2. The van der Waals surface area contributed by atoms with E-state index < -0.39 is 6.29 Å². The maximum absolute atomic E-state index is 9.27. The van der Waals surface area contributed by atoms with Gasteiger partial charge in [0.05, 0.1) is 13.7 Å². The van der Waals surface area contributed by atoms with E-state index in [1.54, 1.807) is 0 Å². The molecular formula is C8H12N2O4. The van der Waals surface area contributed by atoms with Crippen LogP contribution in [0.4, 0.5) is 0 Å². The molecule has 1 rings (SSSR count). The minimum Gasteiger partial charge on any atom is -0.480 e. The van der Waals surface area contributed by atoms with E-state index in [2.05, 4.69) is 14.9 Å². The van der Waals surface area contributed by atoms with Crippen molar-refractivity contribution in [2.75, 3.05) is 14.2 Å². The van der Waals surface area contributed by atoms with Gasteiger partial charge in [-0.15, -0.1) is 10.2 Å². The number of hydrogen-bond donors (Lipinski definition) is 2. The molecule has 1 heterocycles. The summed E-state index contributed by atoms with van der Waals surface area (Å²) in [7, 11) is 2.77. The molecule has 0 aromatic carbocycles. The molecule has 0 saturated heterocycles. The Morgan fingerprint density at radius 1 is 1.43 bits per heavy atom. The van der Waals surface area contributed by atoms with Gasteiger partial charge in [0.1, 0.15) is 5.69 Å². The van der Waals surface area contributed by atoms with Crippen molar-refractivity contribution in [3.05, 3.63) is 17.3 Å². The van der Waals surface area contributed by atoms with Gasteiger partial charge < -0.3 is 19.7 Å². The molecule has 0 bridgehead atoms. The van der Waals surface area contributed by atoms with Crippen LogP contribution in [0.15, 0.2) is 6.07 Å². The van der Waals surface area contributed by atoms with Crippen molar-refractivity contribution in [2.45, 2.75) is 12.9 Å². The summed E-state index contributed by atoms with van der Waals surface area (Å²) in [6, 6.07) is 1.47. The Kier molecular flexibility index (Phi) is 3.75. The first-order valence-corrected chi connectivity index (χ1v) is 3.95. The third-order valence-electron chi connectivity index (χ3n) is 1.69. The van der Waals surface area contributed by atoms with Crippen LogP contribution in [-0.4, -0.2) is 34.6 Å². The van der Waals surface area contributed by atoms with Crippen molar-refractivity contribution >= 4 is 0 Å². The summed E-state index contributed by atoms with van der Waals surface area (Å²) in [5.74, 6) is 0.236. The lowest BCUT2D eigenvalue weighted by Crippen LogP contribution is -2.07. The number of hydrogen-bond acceptors (Lipinski definition) is 6. The van der Waals surface area contributed by atoms with Crippen LogP contribution in [0.1, 0.15) is 17.5 Å². The zero-order valence-electron chi connectivity index (χ0n) is 7.97. The van der Waals surface area contributed by atoms with Crippen LogP contribution in [0.2, 0.25) is 0 Å². The van der Waals surface area contributed by atoms with Crippen molar-refractivity contribution in [1.29, 1.82) is 0 Å². The molecule has 78 valence electrons. The average molecular weight is 200 g/mol. The van der Waals surface area contributed by atoms with Crippen molar-refractivity contribution in [3.63, 3.8) is 0 Å². The molecule has 0 fully saturated rings. The van der Waals surface area contributed by atoms with Crippen LogP contribution in [0.3, 0.4) is 0 Å². The number of rotatable bonds is 4. The minimum atomic E-state index is -1.14. The van der Waals surface area contributed by atoms with E-state index in [0.29, 0.717) is 5.56 Å². The van der Waals surface area contributed by atoms with Crippen molar-refractivity contribution < 1.29 is 19.7 Å². The van der Waals surface area contributed by atoms with E-state index in [-0.39, 0.29) is 18.2 Å². The molecule has 0 spiro atoms. The van der Waals surface area contributed by atoms with Crippen molar-refractivity contribution in [2.24, 2.45) is 0 Å². The van der Waals surface area contributed by atoms with Gasteiger partial charge in [-0.3, -0.25) is 0 Å². The van der Waals surface area contributed by atoms with E-state index in [1.807, 2.05) is 0 Å². The highest BCUT2D eigenvalue weighted by atomic mass is 16.6. The molecule has 0 aliphatic rings. The maximum Gasteiger partial charge on any atom is 0.238 e. The Hall–Kier alpha value is -1.24. The second-order valence-electron chi connectivity index (χ2n) is 2.55. The highest BCUT2D eigenvalue weighted by molar-refractivity contribution is 5.25. The molecule has 1 aromatic rings. The van der Waals surface area contributed by atoms with Crippen molar-refractivity contribution in [3.8, 4) is 5.88 Å². The fourth-order valence-electron chi connectivity index (χ4n) is 0.963. The fraction of sp³-hybridized carbons (Fsp3) is 0.500. The first-order chi connectivity index (χ1) is 6.72. The Labute approximate surface area is 81.1 Å². The van der Waals surface area contributed by atoms with Gasteiger partial charge in [-0.05, 0) is 6.07 Å².